The summed E-state index contributed by atoms with van der Waals surface area (Å²) in [7, 11) is 0. The van der Waals surface area contributed by atoms with Crippen molar-refractivity contribution in [1.82, 2.24) is 4.98 Å². The number of carbonyl (C=O) groups is 1. The third kappa shape index (κ3) is 3.16. The lowest BCUT2D eigenvalue weighted by atomic mass is 9.97. The summed E-state index contributed by atoms with van der Waals surface area (Å²) in [6.45, 7) is 5.38. The van der Waals surface area contributed by atoms with Crippen LogP contribution in [0.3, 0.4) is 0 Å². The maximum Gasteiger partial charge on any atom is 0.217 e. The molecule has 4 heteroatoms. The molecule has 0 aliphatic carbocycles. The molecule has 0 radical (unpaired) electrons. The molecular formula is C23H26N3O+. The second kappa shape index (κ2) is 7.03. The number of hydrogen-bond donors (Lipinski definition) is 2. The summed E-state index contributed by atoms with van der Waals surface area (Å²) < 4.78 is 2.26. The molecule has 3 N–H and O–H groups in total. The van der Waals surface area contributed by atoms with Crippen molar-refractivity contribution >= 4 is 38.5 Å². The van der Waals surface area contributed by atoms with E-state index in [0.717, 1.165) is 25.8 Å². The van der Waals surface area contributed by atoms with Crippen LogP contribution in [-0.4, -0.2) is 10.9 Å². The predicted molar refractivity (Wildman–Crippen MR) is 111 cm³/mol. The van der Waals surface area contributed by atoms with Crippen molar-refractivity contribution in [3.05, 3.63) is 53.9 Å². The highest BCUT2D eigenvalue weighted by atomic mass is 16.1. The van der Waals surface area contributed by atoms with E-state index in [9.17, 15) is 4.79 Å². The molecule has 138 valence electrons. The largest absolute Gasteiger partial charge is 0.370 e. The summed E-state index contributed by atoms with van der Waals surface area (Å²) in [6.07, 6.45) is 7.87. The van der Waals surface area contributed by atoms with E-state index in [0.29, 0.717) is 6.42 Å². The molecule has 2 aromatic heterocycles. The molecule has 0 spiro atoms. The molecule has 0 saturated carbocycles. The lowest BCUT2D eigenvalue weighted by Crippen LogP contribution is -2.32. The van der Waals surface area contributed by atoms with Gasteiger partial charge < -0.3 is 10.7 Å². The van der Waals surface area contributed by atoms with Crippen LogP contribution < -0.4 is 10.3 Å². The number of amides is 1. The molecule has 0 unspecified atom stereocenters. The SMILES string of the molecule is Cc1c2cc[n+](CCCCCC(N)=O)cc2c(C)c2c1[nH]c1ccccc12. The highest BCUT2D eigenvalue weighted by molar-refractivity contribution is 6.16. The number of pyridine rings is 1. The number of aryl methyl sites for hydroxylation is 3. The number of H-pyrrole nitrogens is 1. The van der Waals surface area contributed by atoms with E-state index in [-0.39, 0.29) is 5.91 Å². The van der Waals surface area contributed by atoms with Gasteiger partial charge in [0.25, 0.3) is 0 Å². The summed E-state index contributed by atoms with van der Waals surface area (Å²) in [5, 5.41) is 5.23. The van der Waals surface area contributed by atoms with Crippen molar-refractivity contribution < 1.29 is 9.36 Å². The van der Waals surface area contributed by atoms with Gasteiger partial charge in [0.1, 0.15) is 6.54 Å². The molecule has 0 atom stereocenters. The van der Waals surface area contributed by atoms with E-state index in [1.807, 2.05) is 0 Å². The molecule has 4 nitrogen and oxygen atoms in total. The van der Waals surface area contributed by atoms with Crippen molar-refractivity contribution in [2.75, 3.05) is 0 Å². The second-order valence-corrected chi connectivity index (χ2v) is 7.46. The van der Waals surface area contributed by atoms with Crippen LogP contribution in [0.4, 0.5) is 0 Å². The molecule has 1 amide bonds. The van der Waals surface area contributed by atoms with Crippen LogP contribution in [-0.2, 0) is 11.3 Å². The summed E-state index contributed by atoms with van der Waals surface area (Å²) in [5.74, 6) is -0.206. The minimum atomic E-state index is -0.206. The Balaban J connectivity index is 1.72. The third-order valence-corrected chi connectivity index (χ3v) is 5.62. The van der Waals surface area contributed by atoms with Crippen LogP contribution in [0.5, 0.6) is 0 Å². The van der Waals surface area contributed by atoms with Crippen LogP contribution in [0, 0.1) is 13.8 Å². The summed E-state index contributed by atoms with van der Waals surface area (Å²) in [4.78, 5) is 14.4. The Kier molecular flexibility index (Phi) is 4.56. The molecule has 0 saturated heterocycles. The summed E-state index contributed by atoms with van der Waals surface area (Å²) >= 11 is 0. The number of unbranched alkanes of at least 4 members (excludes halogenated alkanes) is 2. The predicted octanol–water partition coefficient (Wildman–Crippen LogP) is 4.42. The molecule has 4 rings (SSSR count). The number of aromatic amines is 1. The second-order valence-electron chi connectivity index (χ2n) is 7.46. The van der Waals surface area contributed by atoms with Gasteiger partial charge >= 0.3 is 0 Å². The normalized spacial score (nSPS) is 11.6. The van der Waals surface area contributed by atoms with E-state index < -0.39 is 0 Å². The molecule has 2 heterocycles. The Hall–Kier alpha value is -2.88. The van der Waals surface area contributed by atoms with Gasteiger partial charge in [0.2, 0.25) is 5.91 Å². The summed E-state index contributed by atoms with van der Waals surface area (Å²) in [5.41, 5.74) is 10.3. The number of benzene rings is 2. The number of carbonyl (C=O) groups excluding carboxylic acids is 1. The first-order valence-electron chi connectivity index (χ1n) is 9.67. The fourth-order valence-electron chi connectivity index (χ4n) is 4.16. The molecular weight excluding hydrogens is 334 g/mol. The van der Waals surface area contributed by atoms with Gasteiger partial charge in [-0.25, -0.2) is 4.57 Å². The van der Waals surface area contributed by atoms with Crippen LogP contribution >= 0.6 is 0 Å². The lowest BCUT2D eigenvalue weighted by molar-refractivity contribution is -0.696. The van der Waals surface area contributed by atoms with E-state index >= 15 is 0 Å². The molecule has 4 aromatic rings. The maximum absolute atomic E-state index is 10.8. The quantitative estimate of drug-likeness (QED) is 0.388. The van der Waals surface area contributed by atoms with Gasteiger partial charge in [-0.2, -0.15) is 0 Å². The highest BCUT2D eigenvalue weighted by Crippen LogP contribution is 2.35. The van der Waals surface area contributed by atoms with Gasteiger partial charge in [-0.3, -0.25) is 4.79 Å². The standard InChI is InChI=1S/C23H25N3O/c1-15-19-14-26(12-7-3-4-10-21(24)27)13-11-17(19)16(2)23-22(15)18-8-5-6-9-20(18)25-23/h5-6,8-9,11,13-14H,3-4,7,10,12H2,1-2H3,(H2,24,27)/p+1. The van der Waals surface area contributed by atoms with Gasteiger partial charge in [0, 0.05) is 40.6 Å². The van der Waals surface area contributed by atoms with Crippen molar-refractivity contribution in [3.8, 4) is 0 Å². The van der Waals surface area contributed by atoms with Gasteiger partial charge in [-0.05, 0) is 49.3 Å². The fraction of sp³-hybridized carbons (Fsp3) is 0.304. The molecule has 0 bridgehead atoms. The van der Waals surface area contributed by atoms with Crippen LogP contribution in [0.1, 0.15) is 36.8 Å². The Morgan fingerprint density at radius 1 is 1.00 bits per heavy atom. The minimum absolute atomic E-state index is 0.206. The van der Waals surface area contributed by atoms with Gasteiger partial charge in [-0.1, -0.05) is 18.2 Å². The zero-order valence-corrected chi connectivity index (χ0v) is 16.0. The Labute approximate surface area is 159 Å². The summed E-state index contributed by atoms with van der Waals surface area (Å²) in [6, 6.07) is 10.7. The first-order chi connectivity index (χ1) is 13.1. The fourth-order valence-corrected chi connectivity index (χ4v) is 4.16. The number of nitrogens with zero attached hydrogens (tertiary/aromatic N) is 1. The van der Waals surface area contributed by atoms with Crippen molar-refractivity contribution in [3.63, 3.8) is 0 Å². The molecule has 27 heavy (non-hydrogen) atoms. The minimum Gasteiger partial charge on any atom is -0.370 e. The molecule has 0 aliphatic rings. The van der Waals surface area contributed by atoms with Crippen molar-refractivity contribution in [1.29, 1.82) is 0 Å². The van der Waals surface area contributed by atoms with Crippen molar-refractivity contribution in [2.24, 2.45) is 5.73 Å². The Morgan fingerprint density at radius 3 is 2.63 bits per heavy atom. The first kappa shape index (κ1) is 17.5. The number of aromatic nitrogens is 2. The van der Waals surface area contributed by atoms with E-state index in [2.05, 4.69) is 66.1 Å². The zero-order valence-electron chi connectivity index (χ0n) is 16.0. The van der Waals surface area contributed by atoms with Crippen LogP contribution in [0.2, 0.25) is 0 Å². The lowest BCUT2D eigenvalue weighted by Gasteiger charge is -2.08. The number of hydrogen-bond acceptors (Lipinski definition) is 1. The number of primary amides is 1. The molecule has 2 aromatic carbocycles. The van der Waals surface area contributed by atoms with Gasteiger partial charge in [0.15, 0.2) is 12.4 Å². The van der Waals surface area contributed by atoms with Crippen LogP contribution in [0.25, 0.3) is 32.6 Å². The van der Waals surface area contributed by atoms with Gasteiger partial charge in [-0.15, -0.1) is 0 Å². The Morgan fingerprint density at radius 2 is 1.81 bits per heavy atom. The van der Waals surface area contributed by atoms with Crippen LogP contribution in [0.15, 0.2) is 42.7 Å². The number of para-hydroxylation sites is 1. The monoisotopic (exact) mass is 360 g/mol. The number of fused-ring (bicyclic) bond motifs is 4. The smallest absolute Gasteiger partial charge is 0.217 e. The third-order valence-electron chi connectivity index (χ3n) is 5.62. The van der Waals surface area contributed by atoms with Gasteiger partial charge in [0.05, 0.1) is 5.52 Å². The first-order valence-corrected chi connectivity index (χ1v) is 9.67. The molecule has 0 aliphatic heterocycles. The zero-order chi connectivity index (χ0) is 19.0. The van der Waals surface area contributed by atoms with E-state index in [1.165, 1.54) is 43.7 Å². The average molecular weight is 360 g/mol. The topological polar surface area (TPSA) is 62.8 Å². The van der Waals surface area contributed by atoms with Crippen molar-refractivity contribution in [2.45, 2.75) is 46.1 Å². The molecule has 0 fully saturated rings. The van der Waals surface area contributed by atoms with E-state index in [4.69, 9.17) is 5.73 Å². The van der Waals surface area contributed by atoms with E-state index in [1.54, 1.807) is 0 Å². The number of nitrogens with two attached hydrogens (primary N) is 1. The Bertz CT molecular complexity index is 1160. The number of rotatable bonds is 6. The maximum atomic E-state index is 10.8. The average Bonchev–Trinajstić information content (AvgIpc) is 3.05. The number of nitrogens with one attached hydrogen (secondary N) is 1. The highest BCUT2D eigenvalue weighted by Gasteiger charge is 2.16.